The highest BCUT2D eigenvalue weighted by Gasteiger charge is 2.45. The topological polar surface area (TPSA) is 65.1 Å². The Morgan fingerprint density at radius 1 is 1.14 bits per heavy atom. The van der Waals surface area contributed by atoms with E-state index in [1.807, 2.05) is 25.2 Å². The molecule has 0 atom stereocenters. The molecular formula is C21H25BrIN5. The molecule has 5 nitrogen and oxygen atoms in total. The lowest BCUT2D eigenvalue weighted by Gasteiger charge is -2.20. The van der Waals surface area contributed by atoms with Gasteiger partial charge in [0.1, 0.15) is 5.82 Å². The van der Waals surface area contributed by atoms with Gasteiger partial charge in [0.05, 0.1) is 11.0 Å². The Kier molecular flexibility index (Phi) is 6.98. The molecule has 1 aliphatic carbocycles. The maximum atomic E-state index is 4.62. The van der Waals surface area contributed by atoms with Crippen molar-refractivity contribution in [3.63, 3.8) is 0 Å². The molecule has 148 valence electrons. The number of benzene rings is 2. The Balaban J connectivity index is 0.00000225. The van der Waals surface area contributed by atoms with Crippen LogP contribution in [-0.2, 0) is 11.8 Å². The van der Waals surface area contributed by atoms with Crippen LogP contribution in [0.25, 0.3) is 11.0 Å². The molecule has 1 fully saturated rings. The van der Waals surface area contributed by atoms with Gasteiger partial charge in [-0.3, -0.25) is 4.99 Å². The zero-order chi connectivity index (χ0) is 18.7. The molecule has 0 radical (unpaired) electrons. The molecular weight excluding hydrogens is 529 g/mol. The van der Waals surface area contributed by atoms with Crippen molar-refractivity contribution >= 4 is 56.9 Å². The van der Waals surface area contributed by atoms with Gasteiger partial charge in [0, 0.05) is 36.4 Å². The highest BCUT2D eigenvalue weighted by molar-refractivity contribution is 14.0. The molecule has 7 heteroatoms. The van der Waals surface area contributed by atoms with Gasteiger partial charge < -0.3 is 15.6 Å². The van der Waals surface area contributed by atoms with E-state index in [1.165, 1.54) is 22.9 Å². The molecule has 0 aliphatic heterocycles. The van der Waals surface area contributed by atoms with Crippen LogP contribution in [0.2, 0.25) is 0 Å². The van der Waals surface area contributed by atoms with Crippen LogP contribution >= 0.6 is 39.9 Å². The van der Waals surface area contributed by atoms with Gasteiger partial charge in [0.2, 0.25) is 0 Å². The largest absolute Gasteiger partial charge is 0.356 e. The average Bonchev–Trinajstić information content (AvgIpc) is 3.35. The lowest BCUT2D eigenvalue weighted by atomic mass is 9.96. The summed E-state index contributed by atoms with van der Waals surface area (Å²) in [6.45, 7) is 1.67. The minimum absolute atomic E-state index is 0. The Morgan fingerprint density at radius 2 is 1.89 bits per heavy atom. The molecule has 2 aromatic carbocycles. The van der Waals surface area contributed by atoms with Crippen LogP contribution in [0.5, 0.6) is 0 Å². The molecule has 0 amide bonds. The molecule has 28 heavy (non-hydrogen) atoms. The van der Waals surface area contributed by atoms with Gasteiger partial charge in [-0.25, -0.2) is 4.98 Å². The first-order chi connectivity index (χ1) is 13.2. The first-order valence-electron chi connectivity index (χ1n) is 9.33. The molecule has 4 rings (SSSR count). The summed E-state index contributed by atoms with van der Waals surface area (Å²) < 4.78 is 1.19. The van der Waals surface area contributed by atoms with E-state index in [2.05, 4.69) is 71.9 Å². The van der Waals surface area contributed by atoms with Gasteiger partial charge in [-0.05, 0) is 36.6 Å². The van der Waals surface area contributed by atoms with Crippen LogP contribution in [0, 0.1) is 0 Å². The number of fused-ring (bicyclic) bond motifs is 1. The number of hydrogen-bond acceptors (Lipinski definition) is 2. The van der Waals surface area contributed by atoms with Gasteiger partial charge in [0.15, 0.2) is 5.96 Å². The quantitative estimate of drug-likeness (QED) is 0.241. The molecule has 1 aliphatic rings. The van der Waals surface area contributed by atoms with Crippen LogP contribution in [0.4, 0.5) is 0 Å². The van der Waals surface area contributed by atoms with E-state index >= 15 is 0 Å². The van der Waals surface area contributed by atoms with E-state index in [0.29, 0.717) is 0 Å². The smallest absolute Gasteiger partial charge is 0.191 e. The van der Waals surface area contributed by atoms with Crippen LogP contribution in [0.3, 0.4) is 0 Å². The molecule has 0 unspecified atom stereocenters. The Hall–Kier alpha value is -1.61. The number of imidazole rings is 1. The molecule has 3 N–H and O–H groups in total. The zero-order valence-electron chi connectivity index (χ0n) is 15.8. The monoisotopic (exact) mass is 553 g/mol. The van der Waals surface area contributed by atoms with E-state index in [9.17, 15) is 0 Å². The zero-order valence-corrected chi connectivity index (χ0v) is 19.8. The van der Waals surface area contributed by atoms with E-state index < -0.39 is 0 Å². The second-order valence-electron chi connectivity index (χ2n) is 7.06. The summed E-state index contributed by atoms with van der Waals surface area (Å²) in [7, 11) is 1.81. The van der Waals surface area contributed by atoms with Crippen LogP contribution < -0.4 is 10.6 Å². The van der Waals surface area contributed by atoms with E-state index in [4.69, 9.17) is 0 Å². The standard InChI is InChI=1S/C21H24BrN5.HI/c1-23-20(24-13-10-19-26-17-8-4-5-9-18(17)27-19)25-14-21(11-12-21)15-6-2-3-7-16(15)22;/h2-9H,10-14H2,1H3,(H,26,27)(H2,23,24,25);1H. The van der Waals surface area contributed by atoms with Gasteiger partial charge in [-0.1, -0.05) is 46.3 Å². The number of para-hydroxylation sites is 2. The van der Waals surface area contributed by atoms with Crippen molar-refractivity contribution in [2.75, 3.05) is 20.1 Å². The Morgan fingerprint density at radius 3 is 2.61 bits per heavy atom. The second-order valence-corrected chi connectivity index (χ2v) is 7.92. The minimum Gasteiger partial charge on any atom is -0.356 e. The normalized spacial score (nSPS) is 15.1. The van der Waals surface area contributed by atoms with Crippen LogP contribution in [0.1, 0.15) is 24.2 Å². The van der Waals surface area contributed by atoms with Crippen molar-refractivity contribution in [2.45, 2.75) is 24.7 Å². The van der Waals surface area contributed by atoms with Crippen molar-refractivity contribution in [3.05, 3.63) is 64.4 Å². The highest BCUT2D eigenvalue weighted by atomic mass is 127. The first-order valence-corrected chi connectivity index (χ1v) is 10.1. The average molecular weight is 554 g/mol. The second kappa shape index (κ2) is 9.26. The van der Waals surface area contributed by atoms with E-state index in [-0.39, 0.29) is 29.4 Å². The van der Waals surface area contributed by atoms with Gasteiger partial charge >= 0.3 is 0 Å². The third kappa shape index (κ3) is 4.68. The fourth-order valence-corrected chi connectivity index (χ4v) is 4.19. The SMILES string of the molecule is CN=C(NCCc1nc2ccccc2[nH]1)NCC1(c2ccccc2Br)CC1.I. The van der Waals surface area contributed by atoms with E-state index in [0.717, 1.165) is 42.3 Å². The molecule has 3 aromatic rings. The highest BCUT2D eigenvalue weighted by Crippen LogP contribution is 2.49. The summed E-state index contributed by atoms with van der Waals surface area (Å²) >= 11 is 3.69. The van der Waals surface area contributed by atoms with E-state index in [1.54, 1.807) is 0 Å². The summed E-state index contributed by atoms with van der Waals surface area (Å²) in [4.78, 5) is 12.3. The molecule has 1 aromatic heterocycles. The third-order valence-electron chi connectivity index (χ3n) is 5.21. The Bertz CT molecular complexity index is 931. The predicted octanol–water partition coefficient (Wildman–Crippen LogP) is 4.38. The van der Waals surface area contributed by atoms with Crippen LogP contribution in [-0.4, -0.2) is 36.1 Å². The lowest BCUT2D eigenvalue weighted by Crippen LogP contribution is -2.42. The number of H-pyrrole nitrogens is 1. The maximum absolute atomic E-state index is 4.62. The fourth-order valence-electron chi connectivity index (χ4n) is 3.48. The number of aliphatic imine (C=N–C) groups is 1. The summed E-state index contributed by atoms with van der Waals surface area (Å²) in [6.07, 6.45) is 3.24. The van der Waals surface area contributed by atoms with Crippen molar-refractivity contribution in [3.8, 4) is 0 Å². The molecule has 0 bridgehead atoms. The van der Waals surface area contributed by atoms with Crippen LogP contribution in [0.15, 0.2) is 58.0 Å². The summed E-state index contributed by atoms with van der Waals surface area (Å²) in [5, 5.41) is 6.89. The molecule has 0 saturated heterocycles. The molecule has 1 saturated carbocycles. The van der Waals surface area contributed by atoms with Gasteiger partial charge in [0.25, 0.3) is 0 Å². The third-order valence-corrected chi connectivity index (χ3v) is 5.90. The molecule has 0 spiro atoms. The Labute approximate surface area is 191 Å². The number of aromatic amines is 1. The fraction of sp³-hybridized carbons (Fsp3) is 0.333. The number of rotatable bonds is 6. The number of aromatic nitrogens is 2. The number of nitrogens with zero attached hydrogens (tertiary/aromatic N) is 2. The van der Waals surface area contributed by atoms with Crippen molar-refractivity contribution in [1.29, 1.82) is 0 Å². The van der Waals surface area contributed by atoms with Crippen molar-refractivity contribution in [1.82, 2.24) is 20.6 Å². The maximum Gasteiger partial charge on any atom is 0.191 e. The van der Waals surface area contributed by atoms with Gasteiger partial charge in [-0.15, -0.1) is 24.0 Å². The van der Waals surface area contributed by atoms with Crippen molar-refractivity contribution in [2.24, 2.45) is 4.99 Å². The number of hydrogen-bond donors (Lipinski definition) is 3. The predicted molar refractivity (Wildman–Crippen MR) is 130 cm³/mol. The summed E-state index contributed by atoms with van der Waals surface area (Å²) in [5.41, 5.74) is 3.70. The summed E-state index contributed by atoms with van der Waals surface area (Å²) in [5.74, 6) is 1.83. The van der Waals surface area contributed by atoms with Crippen molar-refractivity contribution < 1.29 is 0 Å². The minimum atomic E-state index is 0. The number of guanidine groups is 1. The molecule has 1 heterocycles. The number of nitrogens with one attached hydrogen (secondary N) is 3. The lowest BCUT2D eigenvalue weighted by molar-refractivity contribution is 0.642. The van der Waals surface area contributed by atoms with Gasteiger partial charge in [-0.2, -0.15) is 0 Å². The number of halogens is 2. The first kappa shape index (κ1) is 21.1. The summed E-state index contributed by atoms with van der Waals surface area (Å²) in [6, 6.07) is 16.6.